The highest BCUT2D eigenvalue weighted by molar-refractivity contribution is 5.36. The van der Waals surface area contributed by atoms with E-state index >= 15 is 0 Å². The average molecular weight is 369 g/mol. The molecule has 1 N–H and O–H groups in total. The Hall–Kier alpha value is -3.19. The Labute approximate surface area is 157 Å². The normalized spacial score (nSPS) is 10.4. The van der Waals surface area contributed by atoms with Crippen molar-refractivity contribution in [1.29, 1.82) is 0 Å². The van der Waals surface area contributed by atoms with Gasteiger partial charge < -0.3 is 19.5 Å². The monoisotopic (exact) mass is 369 g/mol. The molecule has 0 aliphatic heterocycles. The molecule has 6 nitrogen and oxygen atoms in total. The summed E-state index contributed by atoms with van der Waals surface area (Å²) < 4.78 is 30.2. The van der Waals surface area contributed by atoms with Gasteiger partial charge in [-0.05, 0) is 11.6 Å². The molecule has 0 aliphatic carbocycles. The second-order valence-electron chi connectivity index (χ2n) is 5.60. The van der Waals surface area contributed by atoms with Crippen LogP contribution in [0.5, 0.6) is 11.8 Å². The lowest BCUT2D eigenvalue weighted by Crippen LogP contribution is -2.10. The smallest absolute Gasteiger partial charge is 0.318 e. The highest BCUT2D eigenvalue weighted by Gasteiger charge is 2.09. The summed E-state index contributed by atoms with van der Waals surface area (Å²) in [6.45, 7) is 0.728. The first-order valence-corrected chi connectivity index (χ1v) is 8.39. The van der Waals surface area contributed by atoms with Crippen LogP contribution in [-0.4, -0.2) is 23.8 Å². The molecule has 0 saturated heterocycles. The Bertz CT molecular complexity index is 862. The minimum Gasteiger partial charge on any atom is -0.496 e. The summed E-state index contributed by atoms with van der Waals surface area (Å²) >= 11 is 0. The number of nitrogens with one attached hydrogen (secondary N) is 1. The summed E-state index contributed by atoms with van der Waals surface area (Å²) in [6.07, 6.45) is 1.06. The summed E-state index contributed by atoms with van der Waals surface area (Å²) in [6, 6.07) is 17.2. The van der Waals surface area contributed by atoms with Gasteiger partial charge in [0.15, 0.2) is 11.6 Å². The SMILES string of the molecule is COc1ccccc1COc1ncc(F)c(NCOCc2ccccc2)n1. The summed E-state index contributed by atoms with van der Waals surface area (Å²) in [5.41, 5.74) is 1.87. The van der Waals surface area contributed by atoms with Gasteiger partial charge >= 0.3 is 6.01 Å². The molecule has 0 aliphatic rings. The molecule has 0 fully saturated rings. The number of halogens is 1. The van der Waals surface area contributed by atoms with Crippen LogP contribution in [0.2, 0.25) is 0 Å². The molecule has 1 aromatic heterocycles. The molecular weight excluding hydrogens is 349 g/mol. The standard InChI is InChI=1S/C20H20FN3O3/c1-25-18-10-6-5-9-16(18)13-27-20-22-11-17(21)19(24-20)23-14-26-12-15-7-3-2-4-8-15/h2-11H,12-14H2,1H3,(H,22,23,24). The maximum atomic E-state index is 13.9. The fourth-order valence-corrected chi connectivity index (χ4v) is 2.37. The summed E-state index contributed by atoms with van der Waals surface area (Å²) in [4.78, 5) is 7.90. The van der Waals surface area contributed by atoms with Gasteiger partial charge in [0.2, 0.25) is 0 Å². The number of ether oxygens (including phenoxy) is 3. The van der Waals surface area contributed by atoms with Crippen molar-refractivity contribution in [3.8, 4) is 11.8 Å². The fourth-order valence-electron chi connectivity index (χ4n) is 2.37. The molecule has 2 aromatic carbocycles. The third kappa shape index (κ3) is 5.39. The van der Waals surface area contributed by atoms with Crippen molar-refractivity contribution in [3.05, 3.63) is 77.7 Å². The van der Waals surface area contributed by atoms with Crippen LogP contribution in [0.15, 0.2) is 60.8 Å². The van der Waals surface area contributed by atoms with E-state index < -0.39 is 5.82 Å². The lowest BCUT2D eigenvalue weighted by molar-refractivity contribution is 0.138. The van der Waals surface area contributed by atoms with Crippen LogP contribution in [-0.2, 0) is 18.0 Å². The molecule has 0 unspecified atom stereocenters. The van der Waals surface area contributed by atoms with E-state index in [1.807, 2.05) is 54.6 Å². The first-order chi connectivity index (χ1) is 13.3. The quantitative estimate of drug-likeness (QED) is 0.457. The van der Waals surface area contributed by atoms with E-state index in [4.69, 9.17) is 14.2 Å². The third-order valence-corrected chi connectivity index (χ3v) is 3.72. The number of hydrogen-bond donors (Lipinski definition) is 1. The number of hydrogen-bond acceptors (Lipinski definition) is 6. The van der Waals surface area contributed by atoms with Gasteiger partial charge in [-0.2, -0.15) is 4.98 Å². The Morgan fingerprint density at radius 2 is 1.78 bits per heavy atom. The van der Waals surface area contributed by atoms with Crippen LogP contribution >= 0.6 is 0 Å². The van der Waals surface area contributed by atoms with Gasteiger partial charge in [-0.15, -0.1) is 0 Å². The van der Waals surface area contributed by atoms with E-state index in [1.54, 1.807) is 7.11 Å². The number of methoxy groups -OCH3 is 1. The van der Waals surface area contributed by atoms with Gasteiger partial charge in [0.05, 0.1) is 19.9 Å². The molecule has 0 amide bonds. The van der Waals surface area contributed by atoms with Crippen molar-refractivity contribution in [3.63, 3.8) is 0 Å². The minimum absolute atomic E-state index is 0.0214. The molecule has 27 heavy (non-hydrogen) atoms. The molecular formula is C20H20FN3O3. The van der Waals surface area contributed by atoms with Crippen LogP contribution < -0.4 is 14.8 Å². The van der Waals surface area contributed by atoms with Crippen LogP contribution in [0, 0.1) is 5.82 Å². The van der Waals surface area contributed by atoms with Gasteiger partial charge in [-0.25, -0.2) is 9.37 Å². The molecule has 1 heterocycles. The van der Waals surface area contributed by atoms with Gasteiger partial charge in [0, 0.05) is 5.56 Å². The van der Waals surface area contributed by atoms with Crippen molar-refractivity contribution in [2.45, 2.75) is 13.2 Å². The van der Waals surface area contributed by atoms with Crippen molar-refractivity contribution < 1.29 is 18.6 Å². The van der Waals surface area contributed by atoms with E-state index in [1.165, 1.54) is 0 Å². The highest BCUT2D eigenvalue weighted by atomic mass is 19.1. The van der Waals surface area contributed by atoms with Crippen LogP contribution in [0.4, 0.5) is 10.2 Å². The highest BCUT2D eigenvalue weighted by Crippen LogP contribution is 2.20. The number of nitrogens with zero attached hydrogens (tertiary/aromatic N) is 2. The summed E-state index contributed by atoms with van der Waals surface area (Å²) in [5.74, 6) is 0.142. The Morgan fingerprint density at radius 1 is 1.00 bits per heavy atom. The predicted octanol–water partition coefficient (Wildman–Crippen LogP) is 3.79. The zero-order valence-electron chi connectivity index (χ0n) is 14.9. The zero-order valence-corrected chi connectivity index (χ0v) is 14.9. The number of aromatic nitrogens is 2. The average Bonchev–Trinajstić information content (AvgIpc) is 2.72. The van der Waals surface area contributed by atoms with E-state index in [0.717, 1.165) is 17.3 Å². The van der Waals surface area contributed by atoms with Gasteiger partial charge in [-0.1, -0.05) is 48.5 Å². The molecule has 3 aromatic rings. The zero-order chi connectivity index (χ0) is 18.9. The number of rotatable bonds is 9. The molecule has 0 spiro atoms. The first-order valence-electron chi connectivity index (χ1n) is 8.39. The van der Waals surface area contributed by atoms with Gasteiger partial charge in [-0.3, -0.25) is 0 Å². The van der Waals surface area contributed by atoms with Crippen LogP contribution in [0.3, 0.4) is 0 Å². The Morgan fingerprint density at radius 3 is 2.59 bits per heavy atom. The second-order valence-corrected chi connectivity index (χ2v) is 5.60. The van der Waals surface area contributed by atoms with Gasteiger partial charge in [0.25, 0.3) is 0 Å². The maximum absolute atomic E-state index is 13.9. The maximum Gasteiger partial charge on any atom is 0.318 e. The molecule has 3 rings (SSSR count). The minimum atomic E-state index is -0.581. The van der Waals surface area contributed by atoms with Crippen molar-refractivity contribution >= 4 is 5.82 Å². The number of benzene rings is 2. The van der Waals surface area contributed by atoms with Crippen LogP contribution in [0.1, 0.15) is 11.1 Å². The predicted molar refractivity (Wildman–Crippen MR) is 99.0 cm³/mol. The van der Waals surface area contributed by atoms with E-state index in [9.17, 15) is 4.39 Å². The Balaban J connectivity index is 1.54. The molecule has 0 saturated carbocycles. The molecule has 0 atom stereocenters. The van der Waals surface area contributed by atoms with Gasteiger partial charge in [0.1, 0.15) is 19.1 Å². The molecule has 0 bridgehead atoms. The number of para-hydroxylation sites is 1. The van der Waals surface area contributed by atoms with E-state index in [0.29, 0.717) is 12.4 Å². The van der Waals surface area contributed by atoms with Crippen LogP contribution in [0.25, 0.3) is 0 Å². The molecule has 140 valence electrons. The summed E-state index contributed by atoms with van der Waals surface area (Å²) in [7, 11) is 1.59. The number of anilines is 1. The largest absolute Gasteiger partial charge is 0.496 e. The van der Waals surface area contributed by atoms with Crippen molar-refractivity contribution in [1.82, 2.24) is 9.97 Å². The lowest BCUT2D eigenvalue weighted by Gasteiger charge is -2.11. The Kier molecular flexibility index (Phi) is 6.54. The fraction of sp³-hybridized carbons (Fsp3) is 0.200. The van der Waals surface area contributed by atoms with E-state index in [-0.39, 0.29) is 25.2 Å². The molecule has 0 radical (unpaired) electrons. The van der Waals surface area contributed by atoms with Crippen molar-refractivity contribution in [2.75, 3.05) is 19.2 Å². The molecule has 7 heteroatoms. The summed E-state index contributed by atoms with van der Waals surface area (Å²) in [5, 5.41) is 2.79. The third-order valence-electron chi connectivity index (χ3n) is 3.72. The first kappa shape index (κ1) is 18.6. The topological polar surface area (TPSA) is 65.5 Å². The van der Waals surface area contributed by atoms with E-state index in [2.05, 4.69) is 15.3 Å². The van der Waals surface area contributed by atoms with Crippen molar-refractivity contribution in [2.24, 2.45) is 0 Å². The second kappa shape index (κ2) is 9.49. The lowest BCUT2D eigenvalue weighted by atomic mass is 10.2.